The van der Waals surface area contributed by atoms with Gasteiger partial charge in [-0.3, -0.25) is 14.5 Å². The Balaban J connectivity index is 1.55. The second-order valence-corrected chi connectivity index (χ2v) is 8.97. The van der Waals surface area contributed by atoms with E-state index in [0.29, 0.717) is 19.5 Å². The molecular weight excluding hydrogens is 330 g/mol. The molecule has 0 aromatic rings. The quantitative estimate of drug-likeness (QED) is 0.530. The Morgan fingerprint density at radius 3 is 2.61 bits per heavy atom. The van der Waals surface area contributed by atoms with Gasteiger partial charge in [-0.05, 0) is 26.2 Å². The molecule has 23 heavy (non-hydrogen) atoms. The molecule has 2 heterocycles. The molecule has 2 aliphatic heterocycles. The number of hydrogen-bond donors (Lipinski definition) is 1. The maximum absolute atomic E-state index is 12.2. The van der Waals surface area contributed by atoms with Gasteiger partial charge in [0, 0.05) is 50.1 Å². The lowest BCUT2D eigenvalue weighted by Gasteiger charge is -2.34. The molecule has 2 amide bonds. The van der Waals surface area contributed by atoms with E-state index in [1.807, 2.05) is 33.4 Å². The summed E-state index contributed by atoms with van der Waals surface area (Å²) in [5.74, 6) is 1.65. The van der Waals surface area contributed by atoms with Crippen LogP contribution >= 0.6 is 21.6 Å². The van der Waals surface area contributed by atoms with Gasteiger partial charge in [-0.15, -0.1) is 0 Å². The first-order valence-electron chi connectivity index (χ1n) is 8.74. The molecule has 0 spiro atoms. The molecule has 2 saturated heterocycles. The van der Waals surface area contributed by atoms with Crippen molar-refractivity contribution in [3.05, 3.63) is 0 Å². The first kappa shape index (κ1) is 18.9. The van der Waals surface area contributed by atoms with Gasteiger partial charge in [0.25, 0.3) is 0 Å². The lowest BCUT2D eigenvalue weighted by molar-refractivity contribution is -0.133. The zero-order valence-corrected chi connectivity index (χ0v) is 15.7. The number of amides is 2. The van der Waals surface area contributed by atoms with Crippen LogP contribution in [0.3, 0.4) is 0 Å². The van der Waals surface area contributed by atoms with Gasteiger partial charge in [0.1, 0.15) is 0 Å². The highest BCUT2D eigenvalue weighted by molar-refractivity contribution is 8.77. The molecule has 5 nitrogen and oxygen atoms in total. The van der Waals surface area contributed by atoms with Gasteiger partial charge in [-0.2, -0.15) is 0 Å². The van der Waals surface area contributed by atoms with Crippen molar-refractivity contribution in [2.45, 2.75) is 44.3 Å². The molecule has 0 bridgehead atoms. The predicted octanol–water partition coefficient (Wildman–Crippen LogP) is 1.98. The smallest absolute Gasteiger partial charge is 0.234 e. The molecule has 1 unspecified atom stereocenters. The summed E-state index contributed by atoms with van der Waals surface area (Å²) in [7, 11) is 4.01. The second-order valence-electron chi connectivity index (χ2n) is 6.19. The summed E-state index contributed by atoms with van der Waals surface area (Å²) in [6, 6.07) is 0. The van der Waals surface area contributed by atoms with Crippen molar-refractivity contribution in [3.63, 3.8) is 0 Å². The molecule has 0 aromatic carbocycles. The van der Waals surface area contributed by atoms with E-state index in [4.69, 9.17) is 0 Å². The second kappa shape index (κ2) is 10.5. The maximum atomic E-state index is 12.2. The van der Waals surface area contributed by atoms with E-state index < -0.39 is 0 Å². The fourth-order valence-corrected chi connectivity index (χ4v) is 6.01. The molecule has 0 aromatic heterocycles. The molecule has 0 aliphatic carbocycles. The number of hydrogen-bond acceptors (Lipinski definition) is 5. The van der Waals surface area contributed by atoms with Gasteiger partial charge >= 0.3 is 0 Å². The van der Waals surface area contributed by atoms with Crippen LogP contribution in [0.15, 0.2) is 0 Å². The molecule has 1 atom stereocenters. The van der Waals surface area contributed by atoms with Crippen molar-refractivity contribution in [1.29, 1.82) is 0 Å². The highest BCUT2D eigenvalue weighted by Crippen LogP contribution is 2.39. The number of nitrogens with zero attached hydrogens (tertiary/aromatic N) is 2. The van der Waals surface area contributed by atoms with Crippen LogP contribution in [-0.4, -0.2) is 71.9 Å². The molecule has 2 rings (SSSR count). The first-order valence-corrected chi connectivity index (χ1v) is 11.1. The Morgan fingerprint density at radius 2 is 1.96 bits per heavy atom. The van der Waals surface area contributed by atoms with Crippen molar-refractivity contribution < 1.29 is 9.59 Å². The molecular formula is C16H29N3O2S2. The number of carbonyl (C=O) groups is 2. The van der Waals surface area contributed by atoms with E-state index in [-0.39, 0.29) is 11.8 Å². The molecule has 2 fully saturated rings. The van der Waals surface area contributed by atoms with E-state index in [1.165, 1.54) is 25.0 Å². The standard InChI is InChI=1S/C16H29N3O2S2/c1-2-17-15(20)13-18-8-10-19(11-9-18)16(21)6-4-3-5-14-7-12-22-23-14/h14H,2-13H2,1H3,(H,17,20). The lowest BCUT2D eigenvalue weighted by Crippen LogP contribution is -2.51. The highest BCUT2D eigenvalue weighted by atomic mass is 33.1. The lowest BCUT2D eigenvalue weighted by atomic mass is 10.1. The summed E-state index contributed by atoms with van der Waals surface area (Å²) in [5, 5.41) is 3.63. The number of unbranched alkanes of at least 4 members (excludes halogenated alkanes) is 1. The summed E-state index contributed by atoms with van der Waals surface area (Å²) in [4.78, 5) is 27.9. The van der Waals surface area contributed by atoms with Gasteiger partial charge in [0.05, 0.1) is 6.54 Å². The molecule has 132 valence electrons. The van der Waals surface area contributed by atoms with Crippen molar-refractivity contribution >= 4 is 33.4 Å². The van der Waals surface area contributed by atoms with Gasteiger partial charge in [-0.1, -0.05) is 28.0 Å². The van der Waals surface area contributed by atoms with Crippen molar-refractivity contribution in [2.24, 2.45) is 0 Å². The van der Waals surface area contributed by atoms with Crippen LogP contribution in [0.4, 0.5) is 0 Å². The Morgan fingerprint density at radius 1 is 1.17 bits per heavy atom. The normalized spacial score (nSPS) is 22.3. The molecule has 0 radical (unpaired) electrons. The number of rotatable bonds is 8. The predicted molar refractivity (Wildman–Crippen MR) is 98.6 cm³/mol. The van der Waals surface area contributed by atoms with Crippen molar-refractivity contribution in [1.82, 2.24) is 15.1 Å². The molecule has 7 heteroatoms. The van der Waals surface area contributed by atoms with E-state index in [2.05, 4.69) is 10.2 Å². The SMILES string of the molecule is CCNC(=O)CN1CCN(C(=O)CCCCC2CCSS2)CC1. The van der Waals surface area contributed by atoms with E-state index in [1.54, 1.807) is 0 Å². The monoisotopic (exact) mass is 359 g/mol. The minimum Gasteiger partial charge on any atom is -0.355 e. The summed E-state index contributed by atoms with van der Waals surface area (Å²) in [6.07, 6.45) is 5.45. The summed E-state index contributed by atoms with van der Waals surface area (Å²) >= 11 is 0. The number of piperazine rings is 1. The van der Waals surface area contributed by atoms with Crippen LogP contribution in [0.1, 0.15) is 39.0 Å². The average Bonchev–Trinajstić information content (AvgIpc) is 3.05. The van der Waals surface area contributed by atoms with Crippen LogP contribution < -0.4 is 5.32 Å². The molecule has 2 aliphatic rings. The largest absolute Gasteiger partial charge is 0.355 e. The van der Waals surface area contributed by atoms with E-state index >= 15 is 0 Å². The fraction of sp³-hybridized carbons (Fsp3) is 0.875. The van der Waals surface area contributed by atoms with E-state index in [9.17, 15) is 9.59 Å². The Hall–Kier alpha value is -0.400. The van der Waals surface area contributed by atoms with Crippen molar-refractivity contribution in [2.75, 3.05) is 45.0 Å². The molecule has 0 saturated carbocycles. The minimum atomic E-state index is 0.0789. The summed E-state index contributed by atoms with van der Waals surface area (Å²) < 4.78 is 0. The fourth-order valence-electron chi connectivity index (χ4n) is 2.98. The van der Waals surface area contributed by atoms with Gasteiger partial charge in [-0.25, -0.2) is 0 Å². The number of likely N-dealkylation sites (N-methyl/N-ethyl adjacent to an activating group) is 1. The summed E-state index contributed by atoms with van der Waals surface area (Å²) in [6.45, 7) is 6.18. The van der Waals surface area contributed by atoms with Crippen molar-refractivity contribution in [3.8, 4) is 0 Å². The zero-order valence-electron chi connectivity index (χ0n) is 14.1. The first-order chi connectivity index (χ1) is 11.2. The van der Waals surface area contributed by atoms with E-state index in [0.717, 1.165) is 37.8 Å². The van der Waals surface area contributed by atoms with Crippen LogP contribution in [0.5, 0.6) is 0 Å². The third-order valence-electron chi connectivity index (χ3n) is 4.36. The van der Waals surface area contributed by atoms with Gasteiger partial charge in [0.15, 0.2) is 0 Å². The molecule has 1 N–H and O–H groups in total. The van der Waals surface area contributed by atoms with Gasteiger partial charge < -0.3 is 10.2 Å². The Bertz CT molecular complexity index is 382. The topological polar surface area (TPSA) is 52.7 Å². The van der Waals surface area contributed by atoms with Crippen LogP contribution in [0.25, 0.3) is 0 Å². The number of nitrogens with one attached hydrogen (secondary N) is 1. The van der Waals surface area contributed by atoms with Crippen LogP contribution in [-0.2, 0) is 9.59 Å². The zero-order chi connectivity index (χ0) is 16.5. The highest BCUT2D eigenvalue weighted by Gasteiger charge is 2.22. The minimum absolute atomic E-state index is 0.0789. The van der Waals surface area contributed by atoms with Gasteiger partial charge in [0.2, 0.25) is 11.8 Å². The summed E-state index contributed by atoms with van der Waals surface area (Å²) in [5.41, 5.74) is 0. The Labute approximate surface area is 147 Å². The Kier molecular flexibility index (Phi) is 8.61. The average molecular weight is 360 g/mol. The van der Waals surface area contributed by atoms with Crippen LogP contribution in [0.2, 0.25) is 0 Å². The van der Waals surface area contributed by atoms with Crippen LogP contribution in [0, 0.1) is 0 Å². The third-order valence-corrected chi connectivity index (χ3v) is 7.37. The maximum Gasteiger partial charge on any atom is 0.234 e. The third kappa shape index (κ3) is 6.93. The number of carbonyl (C=O) groups excluding carboxylic acids is 2.